The highest BCUT2D eigenvalue weighted by Gasteiger charge is 2.12. The predicted octanol–water partition coefficient (Wildman–Crippen LogP) is 8.67. The Morgan fingerprint density at radius 1 is 0.840 bits per heavy atom. The third-order valence-corrected chi connectivity index (χ3v) is 5.61. The van der Waals surface area contributed by atoms with Gasteiger partial charge in [-0.2, -0.15) is 0 Å². The molecule has 0 aromatic carbocycles. The third kappa shape index (κ3) is 9.28. The molecular formula is C25H41. The minimum absolute atomic E-state index is 1.20. The van der Waals surface area contributed by atoms with Gasteiger partial charge in [0, 0.05) is 0 Å². The molecule has 0 heteroatoms. The normalized spacial score (nSPS) is 20.3. The van der Waals surface area contributed by atoms with Gasteiger partial charge in [0.1, 0.15) is 0 Å². The number of rotatable bonds is 3. The zero-order valence-corrected chi connectivity index (χ0v) is 18.0. The Bertz CT molecular complexity index is 518. The Morgan fingerprint density at radius 2 is 1.44 bits per heavy atom. The van der Waals surface area contributed by atoms with Crippen molar-refractivity contribution in [1.82, 2.24) is 0 Å². The molecule has 2 rings (SSSR count). The van der Waals surface area contributed by atoms with Gasteiger partial charge in [0.2, 0.25) is 0 Å². The third-order valence-electron chi connectivity index (χ3n) is 5.61. The van der Waals surface area contributed by atoms with E-state index in [2.05, 4.69) is 60.6 Å². The van der Waals surface area contributed by atoms with E-state index in [0.717, 1.165) is 0 Å². The van der Waals surface area contributed by atoms with E-state index in [0.29, 0.717) is 0 Å². The molecular weight excluding hydrogens is 300 g/mol. The fourth-order valence-electron chi connectivity index (χ4n) is 3.47. The molecule has 0 nitrogen and oxygen atoms in total. The molecule has 0 amide bonds. The summed E-state index contributed by atoms with van der Waals surface area (Å²) in [5.41, 5.74) is 9.56. The Hall–Kier alpha value is -1.04. The van der Waals surface area contributed by atoms with Gasteiger partial charge in [0.15, 0.2) is 0 Å². The van der Waals surface area contributed by atoms with Crippen LogP contribution >= 0.6 is 0 Å². The highest BCUT2D eigenvalue weighted by Crippen LogP contribution is 2.30. The lowest BCUT2D eigenvalue weighted by Gasteiger charge is -2.20. The van der Waals surface area contributed by atoms with Crippen LogP contribution in [0.1, 0.15) is 106 Å². The molecule has 2 aliphatic carbocycles. The number of allylic oxidation sites excluding steroid dienone is 8. The van der Waals surface area contributed by atoms with Crippen LogP contribution in [0, 0.1) is 5.92 Å². The Balaban J connectivity index is 0.000000271. The summed E-state index contributed by atoms with van der Waals surface area (Å²) in [4.78, 5) is 0. The van der Waals surface area contributed by atoms with Gasteiger partial charge in [-0.15, -0.1) is 0 Å². The van der Waals surface area contributed by atoms with Crippen LogP contribution in [0.3, 0.4) is 0 Å². The summed E-state index contributed by atoms with van der Waals surface area (Å²) in [6.07, 6.45) is 16.3. The Kier molecular flexibility index (Phi) is 10.2. The van der Waals surface area contributed by atoms with Crippen molar-refractivity contribution in [2.24, 2.45) is 0 Å². The molecule has 0 unspecified atom stereocenters. The van der Waals surface area contributed by atoms with Crippen molar-refractivity contribution >= 4 is 0 Å². The second kappa shape index (κ2) is 11.6. The van der Waals surface area contributed by atoms with E-state index in [1.54, 1.807) is 33.8 Å². The van der Waals surface area contributed by atoms with Crippen LogP contribution in [0.15, 0.2) is 45.6 Å². The summed E-state index contributed by atoms with van der Waals surface area (Å²) >= 11 is 0. The predicted molar refractivity (Wildman–Crippen MR) is 115 cm³/mol. The molecule has 0 bridgehead atoms. The highest BCUT2D eigenvalue weighted by atomic mass is 14.2. The lowest BCUT2D eigenvalue weighted by atomic mass is 9.85. The maximum absolute atomic E-state index is 2.39. The minimum atomic E-state index is 1.20. The van der Waals surface area contributed by atoms with Crippen molar-refractivity contribution in [3.8, 4) is 0 Å². The Labute approximate surface area is 158 Å². The smallest absolute Gasteiger partial charge is 0.0134 e. The first-order valence-electron chi connectivity index (χ1n) is 10.2. The second-order valence-corrected chi connectivity index (χ2v) is 8.52. The van der Waals surface area contributed by atoms with Crippen molar-refractivity contribution in [1.29, 1.82) is 0 Å². The molecule has 141 valence electrons. The molecule has 0 saturated heterocycles. The largest absolute Gasteiger partial charge is 0.0856 e. The average Bonchev–Trinajstić information content (AvgIpc) is 2.56. The van der Waals surface area contributed by atoms with Crippen LogP contribution in [0.2, 0.25) is 0 Å². The molecule has 1 saturated carbocycles. The van der Waals surface area contributed by atoms with Gasteiger partial charge in [-0.3, -0.25) is 0 Å². The van der Waals surface area contributed by atoms with Gasteiger partial charge in [0.05, 0.1) is 0 Å². The van der Waals surface area contributed by atoms with Crippen molar-refractivity contribution in [2.75, 3.05) is 0 Å². The minimum Gasteiger partial charge on any atom is -0.0856 e. The molecule has 0 N–H and O–H groups in total. The maximum atomic E-state index is 2.39. The molecule has 0 aromatic rings. The van der Waals surface area contributed by atoms with E-state index in [4.69, 9.17) is 0 Å². The van der Waals surface area contributed by atoms with Crippen LogP contribution in [0.25, 0.3) is 0 Å². The first kappa shape index (κ1) is 22.0. The van der Waals surface area contributed by atoms with Gasteiger partial charge in [-0.25, -0.2) is 0 Å². The summed E-state index contributed by atoms with van der Waals surface area (Å²) in [5, 5.41) is 0. The molecule has 2 aliphatic rings. The molecule has 0 aromatic heterocycles. The van der Waals surface area contributed by atoms with Crippen LogP contribution < -0.4 is 0 Å². The molecule has 0 spiro atoms. The molecule has 0 aliphatic heterocycles. The molecule has 0 heterocycles. The summed E-state index contributed by atoms with van der Waals surface area (Å²) in [6, 6.07) is 0. The van der Waals surface area contributed by atoms with E-state index in [1.807, 2.05) is 0 Å². The van der Waals surface area contributed by atoms with Crippen molar-refractivity contribution in [3.05, 3.63) is 51.5 Å². The molecule has 1 fully saturated rings. The Morgan fingerprint density at radius 3 is 1.92 bits per heavy atom. The SMILES string of the molecule is CC(C)=CCC/C(C)=C1\CC=C(C)CC1.C[C]1CCC(=C(C)C)CC1. The fourth-order valence-corrected chi connectivity index (χ4v) is 3.47. The maximum Gasteiger partial charge on any atom is -0.0134 e. The fraction of sp³-hybridized carbons (Fsp3) is 0.640. The van der Waals surface area contributed by atoms with E-state index >= 15 is 0 Å². The lowest BCUT2D eigenvalue weighted by Crippen LogP contribution is -2.02. The standard InChI is InChI=1S/C15H24.C10H17/c1-12(2)6-5-7-14(4)15-10-8-13(3)9-11-15;1-8(2)10-6-4-9(3)5-7-10/h6,8H,5,7,9-11H2,1-4H3;4-7H2,1-3H3/b15-14+;. The second-order valence-electron chi connectivity index (χ2n) is 8.52. The van der Waals surface area contributed by atoms with E-state index in [1.165, 1.54) is 63.4 Å². The van der Waals surface area contributed by atoms with Gasteiger partial charge in [-0.1, -0.05) is 52.5 Å². The molecule has 25 heavy (non-hydrogen) atoms. The number of hydrogen-bond donors (Lipinski definition) is 0. The first-order valence-corrected chi connectivity index (χ1v) is 10.2. The van der Waals surface area contributed by atoms with E-state index in [9.17, 15) is 0 Å². The van der Waals surface area contributed by atoms with Gasteiger partial charge in [-0.05, 0) is 105 Å². The topological polar surface area (TPSA) is 0 Å². The highest BCUT2D eigenvalue weighted by molar-refractivity contribution is 5.22. The summed E-state index contributed by atoms with van der Waals surface area (Å²) < 4.78 is 0. The summed E-state index contributed by atoms with van der Waals surface area (Å²) in [6.45, 7) is 15.6. The van der Waals surface area contributed by atoms with Crippen molar-refractivity contribution < 1.29 is 0 Å². The zero-order valence-electron chi connectivity index (χ0n) is 18.0. The first-order chi connectivity index (χ1) is 11.8. The number of hydrogen-bond acceptors (Lipinski definition) is 0. The molecule has 0 atom stereocenters. The van der Waals surface area contributed by atoms with Crippen LogP contribution in [0.4, 0.5) is 0 Å². The monoisotopic (exact) mass is 341 g/mol. The van der Waals surface area contributed by atoms with Crippen LogP contribution in [-0.2, 0) is 0 Å². The van der Waals surface area contributed by atoms with Crippen LogP contribution in [-0.4, -0.2) is 0 Å². The van der Waals surface area contributed by atoms with E-state index < -0.39 is 0 Å². The zero-order chi connectivity index (χ0) is 18.8. The summed E-state index contributed by atoms with van der Waals surface area (Å²) in [7, 11) is 0. The molecule has 1 radical (unpaired) electrons. The summed E-state index contributed by atoms with van der Waals surface area (Å²) in [5.74, 6) is 1.69. The lowest BCUT2D eigenvalue weighted by molar-refractivity contribution is 0.634. The van der Waals surface area contributed by atoms with Crippen molar-refractivity contribution in [3.63, 3.8) is 0 Å². The van der Waals surface area contributed by atoms with Crippen LogP contribution in [0.5, 0.6) is 0 Å². The quantitative estimate of drug-likeness (QED) is 0.450. The van der Waals surface area contributed by atoms with Crippen molar-refractivity contribution in [2.45, 2.75) is 106 Å². The van der Waals surface area contributed by atoms with E-state index in [-0.39, 0.29) is 0 Å². The average molecular weight is 342 g/mol. The van der Waals surface area contributed by atoms with Gasteiger partial charge >= 0.3 is 0 Å². The van der Waals surface area contributed by atoms with Gasteiger partial charge < -0.3 is 0 Å². The van der Waals surface area contributed by atoms with Gasteiger partial charge in [0.25, 0.3) is 0 Å².